The first-order valence-corrected chi connectivity index (χ1v) is 5.43. The molecule has 0 aromatic heterocycles. The van der Waals surface area contributed by atoms with E-state index in [4.69, 9.17) is 32.0 Å². The molecule has 5 N–H and O–H groups in total. The van der Waals surface area contributed by atoms with Gasteiger partial charge >= 0.3 is 11.9 Å². The Morgan fingerprint density at radius 3 is 1.79 bits per heavy atom. The van der Waals surface area contributed by atoms with Gasteiger partial charge in [-0.3, -0.25) is 0 Å². The van der Waals surface area contributed by atoms with Gasteiger partial charge in [0.25, 0.3) is 0 Å². The number of aliphatic carboxylic acids is 2. The molecule has 106 valence electrons. The molecule has 0 radical (unpaired) electrons. The van der Waals surface area contributed by atoms with Crippen LogP contribution >= 0.6 is 11.6 Å². The molecule has 8 heteroatoms. The quantitative estimate of drug-likeness (QED) is 0.538. The summed E-state index contributed by atoms with van der Waals surface area (Å²) in [6.45, 7) is 0. The normalized spacial score (nSPS) is 12.6. The highest BCUT2D eigenvalue weighted by Crippen LogP contribution is 2.18. The highest BCUT2D eigenvalue weighted by molar-refractivity contribution is 6.33. The number of para-hydroxylation sites is 1. The maximum Gasteiger partial charge on any atom is 0.335 e. The molecule has 0 aliphatic carbocycles. The van der Waals surface area contributed by atoms with Crippen LogP contribution in [0.2, 0.25) is 5.02 Å². The number of aliphatic hydroxyl groups is 2. The lowest BCUT2D eigenvalue weighted by atomic mass is 10.2. The molecule has 1 aromatic carbocycles. The molecule has 2 unspecified atom stereocenters. The SMILES string of the molecule is CNc1ccccc1Cl.O=C(O)C(O)C(O)C(=O)O. The van der Waals surface area contributed by atoms with Crippen LogP contribution in [0.1, 0.15) is 0 Å². The molecule has 2 atom stereocenters. The van der Waals surface area contributed by atoms with Crippen LogP contribution in [-0.2, 0) is 9.59 Å². The zero-order valence-corrected chi connectivity index (χ0v) is 10.7. The first kappa shape index (κ1) is 17.2. The van der Waals surface area contributed by atoms with Crippen molar-refractivity contribution in [2.24, 2.45) is 0 Å². The number of halogens is 1. The van der Waals surface area contributed by atoms with Gasteiger partial charge in [-0.25, -0.2) is 9.59 Å². The van der Waals surface area contributed by atoms with Crippen LogP contribution in [0.5, 0.6) is 0 Å². The number of anilines is 1. The third kappa shape index (κ3) is 6.05. The van der Waals surface area contributed by atoms with Crippen LogP contribution in [-0.4, -0.2) is 51.6 Å². The summed E-state index contributed by atoms with van der Waals surface area (Å²) in [5.74, 6) is -3.54. The van der Waals surface area contributed by atoms with Gasteiger partial charge in [0.15, 0.2) is 12.2 Å². The molecule has 1 rings (SSSR count). The van der Waals surface area contributed by atoms with Gasteiger partial charge in [0, 0.05) is 7.05 Å². The molecule has 7 nitrogen and oxygen atoms in total. The highest BCUT2D eigenvalue weighted by atomic mass is 35.5. The number of hydrogen-bond acceptors (Lipinski definition) is 5. The number of nitrogens with one attached hydrogen (secondary N) is 1. The summed E-state index contributed by atoms with van der Waals surface area (Å²) < 4.78 is 0. The van der Waals surface area contributed by atoms with Crippen molar-refractivity contribution >= 4 is 29.2 Å². The number of hydrogen-bond donors (Lipinski definition) is 5. The van der Waals surface area contributed by atoms with E-state index in [2.05, 4.69) is 5.32 Å². The van der Waals surface area contributed by atoms with E-state index in [1.54, 1.807) is 0 Å². The molecule has 0 spiro atoms. The van der Waals surface area contributed by atoms with E-state index in [0.29, 0.717) is 0 Å². The summed E-state index contributed by atoms with van der Waals surface area (Å²) in [5.41, 5.74) is 0.971. The first-order chi connectivity index (χ1) is 8.81. The molecule has 0 aliphatic rings. The smallest absolute Gasteiger partial charge is 0.335 e. The standard InChI is InChI=1S/C7H8ClN.C4H6O6/c1-9-7-5-3-2-4-6(7)8;5-1(3(7)8)2(6)4(9)10/h2-5,9H,1H3;1-2,5-6H,(H,7,8)(H,9,10). The van der Waals surface area contributed by atoms with Crippen molar-refractivity contribution in [3.63, 3.8) is 0 Å². The highest BCUT2D eigenvalue weighted by Gasteiger charge is 2.29. The molecule has 0 bridgehead atoms. The second-order valence-corrected chi connectivity index (χ2v) is 3.70. The fourth-order valence-electron chi connectivity index (χ4n) is 0.934. The Kier molecular flexibility index (Phi) is 7.50. The summed E-state index contributed by atoms with van der Waals surface area (Å²) in [4.78, 5) is 19.5. The molecule has 1 aromatic rings. The Bertz CT molecular complexity index is 421. The van der Waals surface area contributed by atoms with Crippen molar-refractivity contribution in [2.75, 3.05) is 12.4 Å². The van der Waals surface area contributed by atoms with Gasteiger partial charge in [-0.05, 0) is 12.1 Å². The lowest BCUT2D eigenvalue weighted by Gasteiger charge is -2.07. The van der Waals surface area contributed by atoms with Crippen LogP contribution in [0.25, 0.3) is 0 Å². The Morgan fingerprint density at radius 2 is 1.53 bits per heavy atom. The predicted molar refractivity (Wildman–Crippen MR) is 68.3 cm³/mol. The van der Waals surface area contributed by atoms with E-state index in [1.165, 1.54) is 0 Å². The lowest BCUT2D eigenvalue weighted by Crippen LogP contribution is -2.39. The van der Waals surface area contributed by atoms with E-state index >= 15 is 0 Å². The van der Waals surface area contributed by atoms with Crippen molar-refractivity contribution in [1.82, 2.24) is 0 Å². The topological polar surface area (TPSA) is 127 Å². The minimum Gasteiger partial charge on any atom is -0.479 e. The zero-order chi connectivity index (χ0) is 15.0. The van der Waals surface area contributed by atoms with E-state index in [-0.39, 0.29) is 0 Å². The van der Waals surface area contributed by atoms with Gasteiger partial charge in [-0.1, -0.05) is 23.7 Å². The van der Waals surface area contributed by atoms with E-state index in [1.807, 2.05) is 31.3 Å². The zero-order valence-electron chi connectivity index (χ0n) is 9.95. The molecular formula is C11H14ClNO6. The monoisotopic (exact) mass is 291 g/mol. The van der Waals surface area contributed by atoms with E-state index in [0.717, 1.165) is 10.7 Å². The summed E-state index contributed by atoms with van der Waals surface area (Å²) in [7, 11) is 1.85. The van der Waals surface area contributed by atoms with Crippen LogP contribution in [0.4, 0.5) is 5.69 Å². The van der Waals surface area contributed by atoms with Crippen molar-refractivity contribution in [2.45, 2.75) is 12.2 Å². The third-order valence-corrected chi connectivity index (χ3v) is 2.28. The minimum atomic E-state index is -2.27. The maximum absolute atomic E-state index is 9.77. The van der Waals surface area contributed by atoms with Crippen LogP contribution in [0, 0.1) is 0 Å². The second kappa shape index (κ2) is 8.30. The molecule has 0 amide bonds. The minimum absolute atomic E-state index is 0.764. The van der Waals surface area contributed by atoms with Crippen molar-refractivity contribution in [3.05, 3.63) is 29.3 Å². The number of benzene rings is 1. The summed E-state index contributed by atoms with van der Waals surface area (Å²) in [5, 5.41) is 36.3. The largest absolute Gasteiger partial charge is 0.479 e. The van der Waals surface area contributed by atoms with Gasteiger partial charge in [-0.2, -0.15) is 0 Å². The lowest BCUT2D eigenvalue weighted by molar-refractivity contribution is -0.165. The van der Waals surface area contributed by atoms with Gasteiger partial charge in [-0.15, -0.1) is 0 Å². The number of carbonyl (C=O) groups is 2. The Hall–Kier alpha value is -1.83. The average molecular weight is 292 g/mol. The maximum atomic E-state index is 9.77. The van der Waals surface area contributed by atoms with Crippen LogP contribution in [0.3, 0.4) is 0 Å². The molecular weight excluding hydrogens is 278 g/mol. The number of aliphatic hydroxyl groups excluding tert-OH is 2. The average Bonchev–Trinajstić information content (AvgIpc) is 2.38. The molecule has 0 fully saturated rings. The number of carboxylic acids is 2. The Balaban J connectivity index is 0.000000342. The van der Waals surface area contributed by atoms with E-state index < -0.39 is 24.1 Å². The predicted octanol–water partition coefficient (Wildman–Crippen LogP) is 0.259. The Morgan fingerprint density at radius 1 is 1.11 bits per heavy atom. The molecule has 19 heavy (non-hydrogen) atoms. The van der Waals surface area contributed by atoms with Crippen molar-refractivity contribution in [1.29, 1.82) is 0 Å². The second-order valence-electron chi connectivity index (χ2n) is 3.30. The fraction of sp³-hybridized carbons (Fsp3) is 0.273. The van der Waals surface area contributed by atoms with Crippen LogP contribution < -0.4 is 5.32 Å². The summed E-state index contributed by atoms with van der Waals surface area (Å²) in [6.07, 6.45) is -4.53. The van der Waals surface area contributed by atoms with Crippen LogP contribution in [0.15, 0.2) is 24.3 Å². The number of carboxylic acid groups (broad SMARTS) is 2. The number of rotatable bonds is 4. The molecule has 0 saturated carbocycles. The molecule has 0 aliphatic heterocycles. The fourth-order valence-corrected chi connectivity index (χ4v) is 1.16. The van der Waals surface area contributed by atoms with Gasteiger partial charge in [0.2, 0.25) is 0 Å². The van der Waals surface area contributed by atoms with Gasteiger partial charge < -0.3 is 25.7 Å². The van der Waals surface area contributed by atoms with E-state index in [9.17, 15) is 9.59 Å². The van der Waals surface area contributed by atoms with Gasteiger partial charge in [0.05, 0.1) is 10.7 Å². The van der Waals surface area contributed by atoms with Crippen molar-refractivity contribution in [3.8, 4) is 0 Å². The molecule has 0 heterocycles. The third-order valence-electron chi connectivity index (χ3n) is 1.95. The first-order valence-electron chi connectivity index (χ1n) is 5.05. The van der Waals surface area contributed by atoms with Crippen molar-refractivity contribution < 1.29 is 30.0 Å². The summed E-state index contributed by atoms with van der Waals surface area (Å²) >= 11 is 5.76. The Labute approximate surface area is 114 Å². The van der Waals surface area contributed by atoms with Gasteiger partial charge in [0.1, 0.15) is 0 Å². The summed E-state index contributed by atoms with van der Waals surface area (Å²) in [6, 6.07) is 7.64. The molecule has 0 saturated heterocycles.